The molecule has 9 heteroatoms. The Labute approximate surface area is 169 Å². The lowest BCUT2D eigenvalue weighted by Gasteiger charge is -2.20. The Bertz CT molecular complexity index is 1010. The van der Waals surface area contributed by atoms with Crippen molar-refractivity contribution in [2.24, 2.45) is 10.1 Å². The molecular weight excluding hydrogens is 410 g/mol. The zero-order chi connectivity index (χ0) is 19.0. The number of fused-ring (bicyclic) bond motifs is 1. The summed E-state index contributed by atoms with van der Waals surface area (Å²) in [7, 11) is 0. The van der Waals surface area contributed by atoms with Crippen LogP contribution in [0.1, 0.15) is 17.5 Å². The third-order valence-electron chi connectivity index (χ3n) is 4.16. The molecule has 5 nitrogen and oxygen atoms in total. The van der Waals surface area contributed by atoms with Gasteiger partial charge >= 0.3 is 0 Å². The van der Waals surface area contributed by atoms with Crippen molar-refractivity contribution in [3.05, 3.63) is 57.3 Å². The number of carbonyl (C=O) groups is 1. The maximum Gasteiger partial charge on any atom is 0.224 e. The summed E-state index contributed by atoms with van der Waals surface area (Å²) in [5.74, 6) is -0.0547. The lowest BCUT2D eigenvalue weighted by molar-refractivity contribution is -0.116. The number of benzene rings is 2. The third-order valence-corrected chi connectivity index (χ3v) is 5.57. The second kappa shape index (κ2) is 7.50. The topological polar surface area (TPSA) is 65.8 Å². The van der Waals surface area contributed by atoms with Gasteiger partial charge in [-0.25, -0.2) is 9.38 Å². The molecule has 0 radical (unpaired) electrons. The van der Waals surface area contributed by atoms with Crippen LogP contribution < -0.4 is 10.7 Å². The average molecular weight is 423 g/mol. The largest absolute Gasteiger partial charge is 0.326 e. The molecule has 0 fully saturated rings. The van der Waals surface area contributed by atoms with E-state index in [1.807, 2.05) is 0 Å². The molecule has 2 heterocycles. The van der Waals surface area contributed by atoms with Crippen LogP contribution in [-0.2, 0) is 11.2 Å². The highest BCUT2D eigenvalue weighted by Gasteiger charge is 2.22. The van der Waals surface area contributed by atoms with Crippen molar-refractivity contribution in [2.75, 3.05) is 11.1 Å². The Morgan fingerprint density at radius 3 is 2.78 bits per heavy atom. The quantitative estimate of drug-likeness (QED) is 0.733. The molecule has 0 bridgehead atoms. The second-order valence-corrected chi connectivity index (χ2v) is 7.82. The Balaban J connectivity index is 1.57. The van der Waals surface area contributed by atoms with Gasteiger partial charge in [-0.2, -0.15) is 5.10 Å². The zero-order valence-corrected chi connectivity index (χ0v) is 16.2. The van der Waals surface area contributed by atoms with Gasteiger partial charge < -0.3 is 5.32 Å². The summed E-state index contributed by atoms with van der Waals surface area (Å²) in [5.41, 5.74) is 5.87. The Kier molecular flexibility index (Phi) is 5.08. The van der Waals surface area contributed by atoms with Crippen molar-refractivity contribution in [3.8, 4) is 0 Å². The molecule has 0 saturated heterocycles. The molecule has 0 saturated carbocycles. The summed E-state index contributed by atoms with van der Waals surface area (Å²) in [6, 6.07) is 8.15. The van der Waals surface area contributed by atoms with Crippen LogP contribution in [0.4, 0.5) is 15.8 Å². The first kappa shape index (κ1) is 18.3. The van der Waals surface area contributed by atoms with Gasteiger partial charge in [0.25, 0.3) is 0 Å². The van der Waals surface area contributed by atoms with Crippen LogP contribution in [0.25, 0.3) is 0 Å². The van der Waals surface area contributed by atoms with Crippen LogP contribution in [0.3, 0.4) is 0 Å². The van der Waals surface area contributed by atoms with Crippen LogP contribution >= 0.6 is 35.0 Å². The first-order valence-corrected chi connectivity index (χ1v) is 9.85. The molecule has 138 valence electrons. The van der Waals surface area contributed by atoms with Crippen molar-refractivity contribution in [2.45, 2.75) is 12.8 Å². The predicted octanol–water partition coefficient (Wildman–Crippen LogP) is 4.75. The fourth-order valence-corrected chi connectivity index (χ4v) is 4.03. The minimum absolute atomic E-state index is 0.0939. The zero-order valence-electron chi connectivity index (χ0n) is 13.9. The molecule has 4 rings (SSSR count). The number of hydrogen-bond donors (Lipinski definition) is 2. The highest BCUT2D eigenvalue weighted by molar-refractivity contribution is 8.14. The maximum atomic E-state index is 14.5. The number of carbonyl (C=O) groups excluding carboxylic acids is 1. The van der Waals surface area contributed by atoms with Crippen molar-refractivity contribution >= 4 is 63.1 Å². The fraction of sp³-hybridized carbons (Fsp3) is 0.167. The Morgan fingerprint density at radius 1 is 1.19 bits per heavy atom. The van der Waals surface area contributed by atoms with Gasteiger partial charge in [0.15, 0.2) is 5.17 Å². The van der Waals surface area contributed by atoms with Crippen molar-refractivity contribution in [3.63, 3.8) is 0 Å². The number of nitrogens with zero attached hydrogens (tertiary/aromatic N) is 2. The van der Waals surface area contributed by atoms with E-state index in [2.05, 4.69) is 20.8 Å². The van der Waals surface area contributed by atoms with E-state index in [-0.39, 0.29) is 5.91 Å². The van der Waals surface area contributed by atoms with E-state index in [9.17, 15) is 9.18 Å². The number of thioether (sulfide) groups is 1. The van der Waals surface area contributed by atoms with E-state index >= 15 is 0 Å². The molecule has 0 aliphatic carbocycles. The summed E-state index contributed by atoms with van der Waals surface area (Å²) in [5, 5.41) is 8.50. The average Bonchev–Trinajstić information content (AvgIpc) is 2.64. The predicted molar refractivity (Wildman–Crippen MR) is 109 cm³/mol. The van der Waals surface area contributed by atoms with E-state index in [0.717, 1.165) is 5.56 Å². The number of nitrogens with one attached hydrogen (secondary N) is 2. The first-order chi connectivity index (χ1) is 13.0. The highest BCUT2D eigenvalue weighted by Crippen LogP contribution is 2.30. The normalized spacial score (nSPS) is 17.8. The summed E-state index contributed by atoms with van der Waals surface area (Å²) in [6.07, 6.45) is 0.986. The Morgan fingerprint density at radius 2 is 2.04 bits per heavy atom. The van der Waals surface area contributed by atoms with Gasteiger partial charge in [0.05, 0.1) is 16.4 Å². The van der Waals surface area contributed by atoms with E-state index in [0.29, 0.717) is 56.5 Å². The number of hydrogen-bond acceptors (Lipinski definition) is 4. The van der Waals surface area contributed by atoms with Crippen molar-refractivity contribution < 1.29 is 9.18 Å². The smallest absolute Gasteiger partial charge is 0.224 e. The highest BCUT2D eigenvalue weighted by atomic mass is 35.5. The molecular formula is C18H13Cl2FN4OS. The third kappa shape index (κ3) is 3.95. The molecule has 0 atom stereocenters. The summed E-state index contributed by atoms with van der Waals surface area (Å²) >= 11 is 13.4. The van der Waals surface area contributed by atoms with Gasteiger partial charge in [-0.05, 0) is 42.3 Å². The number of rotatable bonds is 2. The van der Waals surface area contributed by atoms with Gasteiger partial charge in [-0.3, -0.25) is 10.2 Å². The van der Waals surface area contributed by atoms with Gasteiger partial charge in [-0.15, -0.1) is 0 Å². The van der Waals surface area contributed by atoms with E-state index in [1.165, 1.54) is 17.8 Å². The monoisotopic (exact) mass is 422 g/mol. The number of aryl methyl sites for hydroxylation is 1. The van der Waals surface area contributed by atoms with Crippen LogP contribution in [0.5, 0.6) is 0 Å². The second-order valence-electron chi connectivity index (χ2n) is 6.01. The van der Waals surface area contributed by atoms with Crippen LogP contribution in [-0.4, -0.2) is 22.5 Å². The number of amidine groups is 1. The molecule has 0 unspecified atom stereocenters. The fourth-order valence-electron chi connectivity index (χ4n) is 2.82. The van der Waals surface area contributed by atoms with E-state index in [1.54, 1.807) is 24.3 Å². The lowest BCUT2D eigenvalue weighted by Crippen LogP contribution is -2.26. The minimum atomic E-state index is -0.418. The SMILES string of the molecule is O=C1CCc2cc(C3=NNC(=Nc4ccc(Cl)cc4Cl)SC3)c(F)cc2N1. The number of anilines is 1. The van der Waals surface area contributed by atoms with Crippen molar-refractivity contribution in [1.29, 1.82) is 0 Å². The molecule has 0 spiro atoms. The van der Waals surface area contributed by atoms with Gasteiger partial charge in [-0.1, -0.05) is 35.0 Å². The van der Waals surface area contributed by atoms with Gasteiger partial charge in [0, 0.05) is 28.4 Å². The van der Waals surface area contributed by atoms with Crippen molar-refractivity contribution in [1.82, 2.24) is 5.43 Å². The molecule has 2 N–H and O–H groups in total. The summed E-state index contributed by atoms with van der Waals surface area (Å²) in [4.78, 5) is 15.9. The molecule has 27 heavy (non-hydrogen) atoms. The first-order valence-electron chi connectivity index (χ1n) is 8.11. The molecule has 2 aliphatic rings. The van der Waals surface area contributed by atoms with E-state index in [4.69, 9.17) is 23.2 Å². The molecule has 2 aromatic carbocycles. The standard InChI is InChI=1S/C18H13Cl2FN4OS/c19-10-2-3-14(12(20)6-10)23-18-25-24-16(8-27-18)11-5-9-1-4-17(26)22-15(9)7-13(11)21/h2-3,5-7H,1,4,8H2,(H,22,26)(H,23,25). The summed E-state index contributed by atoms with van der Waals surface area (Å²) < 4.78 is 14.5. The number of aliphatic imine (C=N–C) groups is 1. The number of halogens is 3. The van der Waals surface area contributed by atoms with Crippen LogP contribution in [0.15, 0.2) is 40.4 Å². The number of amides is 1. The molecule has 0 aromatic heterocycles. The van der Waals surface area contributed by atoms with Gasteiger partial charge in [0.1, 0.15) is 5.82 Å². The molecule has 2 aromatic rings. The molecule has 2 aliphatic heterocycles. The summed E-state index contributed by atoms with van der Waals surface area (Å²) in [6.45, 7) is 0. The van der Waals surface area contributed by atoms with E-state index < -0.39 is 5.82 Å². The van der Waals surface area contributed by atoms with Crippen LogP contribution in [0.2, 0.25) is 10.0 Å². The lowest BCUT2D eigenvalue weighted by atomic mass is 9.98. The van der Waals surface area contributed by atoms with Gasteiger partial charge in [0.2, 0.25) is 5.91 Å². The number of hydrazone groups is 1. The maximum absolute atomic E-state index is 14.5. The molecule has 1 amide bonds. The Hall–Kier alpha value is -2.09. The minimum Gasteiger partial charge on any atom is -0.326 e. The van der Waals surface area contributed by atoms with Crippen LogP contribution in [0, 0.1) is 5.82 Å².